The van der Waals surface area contributed by atoms with Crippen molar-refractivity contribution in [3.8, 4) is 0 Å². The quantitative estimate of drug-likeness (QED) is 0.567. The maximum Gasteiger partial charge on any atom is 0.280 e. The fraction of sp³-hybridized carbons (Fsp3) is 0.389. The molecule has 0 aliphatic heterocycles. The molecule has 0 unspecified atom stereocenters. The van der Waals surface area contributed by atoms with E-state index in [0.717, 1.165) is 29.7 Å². The number of anilines is 1. The number of benzene rings is 1. The van der Waals surface area contributed by atoms with Crippen LogP contribution in [0.5, 0.6) is 0 Å². The molecule has 0 bridgehead atoms. The summed E-state index contributed by atoms with van der Waals surface area (Å²) in [6.07, 6.45) is 2.66. The molecule has 2 heterocycles. The molecule has 0 aliphatic carbocycles. The summed E-state index contributed by atoms with van der Waals surface area (Å²) >= 11 is 7.73. The van der Waals surface area contributed by atoms with E-state index in [1.54, 1.807) is 15.6 Å². The van der Waals surface area contributed by atoms with Crippen molar-refractivity contribution >= 4 is 56.6 Å². The Kier molecular flexibility index (Phi) is 7.61. The summed E-state index contributed by atoms with van der Waals surface area (Å²) in [5.74, 6) is -0.133. The lowest BCUT2D eigenvalue weighted by molar-refractivity contribution is 0.0980. The van der Waals surface area contributed by atoms with Crippen LogP contribution in [-0.2, 0) is 6.54 Å². The summed E-state index contributed by atoms with van der Waals surface area (Å²) in [5.41, 5.74) is 1.17. The zero-order valence-electron chi connectivity index (χ0n) is 15.6. The van der Waals surface area contributed by atoms with Crippen LogP contribution in [0, 0.1) is 0 Å². The highest BCUT2D eigenvalue weighted by molar-refractivity contribution is 7.22. The third-order valence-corrected chi connectivity index (χ3v) is 5.35. The predicted octanol–water partition coefficient (Wildman–Crippen LogP) is 4.19. The number of hydrogen-bond donors (Lipinski definition) is 0. The number of aryl methyl sites for hydroxylation is 1. The van der Waals surface area contributed by atoms with Gasteiger partial charge in [0, 0.05) is 19.3 Å². The second kappa shape index (κ2) is 9.50. The van der Waals surface area contributed by atoms with Gasteiger partial charge in [0.25, 0.3) is 5.91 Å². The monoisotopic (exact) mass is 427 g/mol. The average molecular weight is 428 g/mol. The van der Waals surface area contributed by atoms with Gasteiger partial charge in [-0.15, -0.1) is 12.4 Å². The molecule has 0 fully saturated rings. The summed E-state index contributed by atoms with van der Waals surface area (Å²) in [7, 11) is 4.04. The Bertz CT molecular complexity index is 908. The molecule has 27 heavy (non-hydrogen) atoms. The molecule has 0 aliphatic rings. The number of amides is 1. The highest BCUT2D eigenvalue weighted by atomic mass is 35.5. The van der Waals surface area contributed by atoms with Crippen LogP contribution in [0.15, 0.2) is 30.5 Å². The Balaban J connectivity index is 0.00000261. The number of thiazole rings is 1. The number of nitrogens with zero attached hydrogens (tertiary/aromatic N) is 5. The minimum atomic E-state index is -0.133. The summed E-state index contributed by atoms with van der Waals surface area (Å²) in [5, 5.41) is 5.61. The molecule has 0 saturated heterocycles. The van der Waals surface area contributed by atoms with E-state index in [9.17, 15) is 4.79 Å². The van der Waals surface area contributed by atoms with Gasteiger partial charge in [0.1, 0.15) is 5.52 Å². The van der Waals surface area contributed by atoms with Crippen LogP contribution in [0.3, 0.4) is 0 Å². The molecule has 0 atom stereocenters. The number of hydrogen-bond acceptors (Lipinski definition) is 5. The van der Waals surface area contributed by atoms with Crippen molar-refractivity contribution in [2.24, 2.45) is 0 Å². The number of fused-ring (bicyclic) bond motifs is 1. The van der Waals surface area contributed by atoms with E-state index >= 15 is 0 Å². The first-order chi connectivity index (χ1) is 12.5. The van der Waals surface area contributed by atoms with Gasteiger partial charge in [-0.25, -0.2) is 4.98 Å². The Morgan fingerprint density at radius 3 is 2.67 bits per heavy atom. The molecule has 3 rings (SSSR count). The Hall–Kier alpha value is -1.67. The maximum atomic E-state index is 13.1. The number of para-hydroxylation sites is 1. The molecule has 146 valence electrons. The van der Waals surface area contributed by atoms with Gasteiger partial charge in [-0.3, -0.25) is 14.4 Å². The van der Waals surface area contributed by atoms with Crippen molar-refractivity contribution in [2.75, 3.05) is 32.1 Å². The highest BCUT2D eigenvalue weighted by Crippen LogP contribution is 2.33. The Morgan fingerprint density at radius 2 is 2.04 bits per heavy atom. The van der Waals surface area contributed by atoms with Crippen molar-refractivity contribution in [1.29, 1.82) is 0 Å². The van der Waals surface area contributed by atoms with Gasteiger partial charge < -0.3 is 4.90 Å². The number of aromatic nitrogens is 3. The molecular formula is C18H23Cl2N5OS. The van der Waals surface area contributed by atoms with Crippen LogP contribution in [0.4, 0.5) is 5.13 Å². The zero-order valence-corrected chi connectivity index (χ0v) is 17.9. The normalized spacial score (nSPS) is 11.0. The second-order valence-electron chi connectivity index (χ2n) is 6.25. The van der Waals surface area contributed by atoms with Gasteiger partial charge in [0.15, 0.2) is 10.8 Å². The van der Waals surface area contributed by atoms with E-state index in [2.05, 4.69) is 15.0 Å². The van der Waals surface area contributed by atoms with Crippen LogP contribution in [0.2, 0.25) is 5.02 Å². The van der Waals surface area contributed by atoms with Crippen molar-refractivity contribution in [3.63, 3.8) is 0 Å². The first-order valence-corrected chi connectivity index (χ1v) is 9.74. The number of carbonyl (C=O) groups excluding carboxylic acids is 1. The van der Waals surface area contributed by atoms with Crippen LogP contribution < -0.4 is 4.90 Å². The summed E-state index contributed by atoms with van der Waals surface area (Å²) in [6, 6.07) is 7.43. The van der Waals surface area contributed by atoms with Crippen molar-refractivity contribution in [3.05, 3.63) is 41.2 Å². The number of carbonyl (C=O) groups is 1. The van der Waals surface area contributed by atoms with Gasteiger partial charge in [-0.1, -0.05) is 29.0 Å². The fourth-order valence-electron chi connectivity index (χ4n) is 2.64. The lowest BCUT2D eigenvalue weighted by Crippen LogP contribution is -2.33. The SMILES string of the molecule is CCn1ccc(C(=O)N(CCCN(C)C)c2nc3c(Cl)cccc3s2)n1.Cl. The average Bonchev–Trinajstić information content (AvgIpc) is 3.25. The Morgan fingerprint density at radius 1 is 1.26 bits per heavy atom. The van der Waals surface area contributed by atoms with Crippen LogP contribution in [0.25, 0.3) is 10.2 Å². The lowest BCUT2D eigenvalue weighted by Gasteiger charge is -2.20. The minimum absolute atomic E-state index is 0. The minimum Gasteiger partial charge on any atom is -0.309 e. The molecule has 2 aromatic heterocycles. The van der Waals surface area contributed by atoms with Crippen LogP contribution in [0.1, 0.15) is 23.8 Å². The van der Waals surface area contributed by atoms with Gasteiger partial charge in [-0.2, -0.15) is 5.10 Å². The van der Waals surface area contributed by atoms with Gasteiger partial charge >= 0.3 is 0 Å². The summed E-state index contributed by atoms with van der Waals surface area (Å²) in [4.78, 5) is 21.5. The molecular weight excluding hydrogens is 405 g/mol. The second-order valence-corrected chi connectivity index (χ2v) is 7.67. The lowest BCUT2D eigenvalue weighted by atomic mass is 10.3. The van der Waals surface area contributed by atoms with E-state index < -0.39 is 0 Å². The van der Waals surface area contributed by atoms with Crippen LogP contribution in [-0.4, -0.2) is 52.8 Å². The molecule has 1 aromatic carbocycles. The first kappa shape index (κ1) is 21.6. The van der Waals surface area contributed by atoms with Gasteiger partial charge in [0.05, 0.1) is 9.72 Å². The highest BCUT2D eigenvalue weighted by Gasteiger charge is 2.23. The first-order valence-electron chi connectivity index (χ1n) is 8.54. The van der Waals surface area contributed by atoms with E-state index in [-0.39, 0.29) is 18.3 Å². The summed E-state index contributed by atoms with van der Waals surface area (Å²) < 4.78 is 2.72. The molecule has 9 heteroatoms. The standard InChI is InChI=1S/C18H22ClN5OS.ClH/c1-4-23-12-9-14(21-23)17(25)24(11-6-10-22(2)3)18-20-16-13(19)7-5-8-15(16)26-18;/h5,7-9,12H,4,6,10-11H2,1-3H3;1H. The molecule has 3 aromatic rings. The third-order valence-electron chi connectivity index (χ3n) is 4.01. The molecule has 6 nitrogen and oxygen atoms in total. The predicted molar refractivity (Wildman–Crippen MR) is 115 cm³/mol. The van der Waals surface area contributed by atoms with E-state index in [4.69, 9.17) is 11.6 Å². The van der Waals surface area contributed by atoms with Crippen LogP contribution >= 0.6 is 35.3 Å². The Labute approximate surface area is 174 Å². The third kappa shape index (κ3) is 4.99. The van der Waals surface area contributed by atoms with Crippen molar-refractivity contribution < 1.29 is 4.79 Å². The van der Waals surface area contributed by atoms with E-state index in [0.29, 0.717) is 22.4 Å². The number of halogens is 2. The summed E-state index contributed by atoms with van der Waals surface area (Å²) in [6.45, 7) is 4.18. The zero-order chi connectivity index (χ0) is 18.7. The smallest absolute Gasteiger partial charge is 0.280 e. The molecule has 0 radical (unpaired) electrons. The molecule has 1 amide bonds. The van der Waals surface area contributed by atoms with Crippen molar-refractivity contribution in [2.45, 2.75) is 19.9 Å². The van der Waals surface area contributed by atoms with Crippen molar-refractivity contribution in [1.82, 2.24) is 19.7 Å². The van der Waals surface area contributed by atoms with E-state index in [1.165, 1.54) is 11.3 Å². The van der Waals surface area contributed by atoms with E-state index in [1.807, 2.05) is 45.4 Å². The number of rotatable bonds is 7. The molecule has 0 N–H and O–H groups in total. The maximum absolute atomic E-state index is 13.1. The van der Waals surface area contributed by atoms with Gasteiger partial charge in [0.2, 0.25) is 0 Å². The topological polar surface area (TPSA) is 54.3 Å². The van der Waals surface area contributed by atoms with Gasteiger partial charge in [-0.05, 0) is 52.2 Å². The molecule has 0 saturated carbocycles. The largest absolute Gasteiger partial charge is 0.309 e. The fourth-order valence-corrected chi connectivity index (χ4v) is 3.93. The molecule has 0 spiro atoms.